The van der Waals surface area contributed by atoms with Gasteiger partial charge in [-0.2, -0.15) is 0 Å². The van der Waals surface area contributed by atoms with E-state index in [9.17, 15) is 14.0 Å². The van der Waals surface area contributed by atoms with Gasteiger partial charge in [0.2, 0.25) is 11.8 Å². The Morgan fingerprint density at radius 3 is 2.09 bits per heavy atom. The van der Waals surface area contributed by atoms with Gasteiger partial charge in [0.15, 0.2) is 0 Å². The van der Waals surface area contributed by atoms with E-state index in [2.05, 4.69) is 10.6 Å². The quantitative estimate of drug-likeness (QED) is 0.886. The molecule has 5 heteroatoms. The highest BCUT2D eigenvalue weighted by atomic mass is 19.1. The monoisotopic (exact) mass is 314 g/mol. The maximum Gasteiger partial charge on any atom is 0.228 e. The summed E-state index contributed by atoms with van der Waals surface area (Å²) in [7, 11) is 0. The Hall–Kier alpha value is -2.69. The van der Waals surface area contributed by atoms with Crippen LogP contribution < -0.4 is 10.6 Å². The van der Waals surface area contributed by atoms with E-state index in [0.29, 0.717) is 16.9 Å². The van der Waals surface area contributed by atoms with Crippen molar-refractivity contribution in [3.63, 3.8) is 0 Å². The number of carbonyl (C=O) groups excluding carboxylic acids is 2. The van der Waals surface area contributed by atoms with Gasteiger partial charge in [-0.3, -0.25) is 9.59 Å². The number of hydrogen-bond donors (Lipinski definition) is 2. The van der Waals surface area contributed by atoms with Crippen LogP contribution in [0.15, 0.2) is 48.5 Å². The minimum Gasteiger partial charge on any atom is -0.326 e. The number of anilines is 2. The van der Waals surface area contributed by atoms with E-state index in [0.717, 1.165) is 0 Å². The fraction of sp³-hybridized carbons (Fsp3) is 0.222. The molecule has 0 atom stereocenters. The first kappa shape index (κ1) is 16.7. The number of benzene rings is 2. The lowest BCUT2D eigenvalue weighted by Crippen LogP contribution is -2.18. The van der Waals surface area contributed by atoms with Gasteiger partial charge in [0, 0.05) is 17.3 Å². The number of amides is 2. The fourth-order valence-electron chi connectivity index (χ4n) is 1.94. The molecule has 0 unspecified atom stereocenters. The molecule has 2 rings (SSSR count). The Morgan fingerprint density at radius 1 is 0.957 bits per heavy atom. The molecule has 0 aliphatic heterocycles. The molecule has 120 valence electrons. The normalized spacial score (nSPS) is 10.4. The molecular weight excluding hydrogens is 295 g/mol. The molecular formula is C18H19FN2O2. The Labute approximate surface area is 134 Å². The largest absolute Gasteiger partial charge is 0.326 e. The van der Waals surface area contributed by atoms with Crippen molar-refractivity contribution in [2.75, 3.05) is 10.6 Å². The van der Waals surface area contributed by atoms with Crippen molar-refractivity contribution in [3.8, 4) is 0 Å². The molecule has 0 aliphatic rings. The fourth-order valence-corrected chi connectivity index (χ4v) is 1.94. The van der Waals surface area contributed by atoms with E-state index < -0.39 is 5.82 Å². The zero-order valence-corrected chi connectivity index (χ0v) is 13.1. The first-order chi connectivity index (χ1) is 11.0. The van der Waals surface area contributed by atoms with Crippen LogP contribution in [0, 0.1) is 11.7 Å². The molecule has 0 aromatic heterocycles. The molecule has 0 spiro atoms. The van der Waals surface area contributed by atoms with Crippen LogP contribution in [0.4, 0.5) is 15.8 Å². The number of nitrogens with one attached hydrogen (secondary N) is 2. The average Bonchev–Trinajstić information content (AvgIpc) is 2.51. The minimum absolute atomic E-state index is 0.0293. The van der Waals surface area contributed by atoms with Gasteiger partial charge < -0.3 is 10.6 Å². The van der Waals surface area contributed by atoms with Crippen molar-refractivity contribution in [1.82, 2.24) is 0 Å². The van der Waals surface area contributed by atoms with Crippen LogP contribution >= 0.6 is 0 Å². The van der Waals surface area contributed by atoms with E-state index in [1.54, 1.807) is 42.5 Å². The molecule has 0 saturated carbocycles. The standard InChI is InChI=1S/C18H19FN2O2/c1-12(2)18(23)21-15-9-7-14(8-10-15)20-17(22)11-13-5-3-4-6-16(13)19/h3-10,12H,11H2,1-2H3,(H,20,22)(H,21,23). The summed E-state index contributed by atoms with van der Waals surface area (Å²) in [6.07, 6.45) is -0.0293. The van der Waals surface area contributed by atoms with Gasteiger partial charge >= 0.3 is 0 Å². The van der Waals surface area contributed by atoms with E-state index in [1.807, 2.05) is 13.8 Å². The molecule has 2 aromatic carbocycles. The number of carbonyl (C=O) groups is 2. The predicted molar refractivity (Wildman–Crippen MR) is 88.6 cm³/mol. The maximum atomic E-state index is 13.5. The van der Waals surface area contributed by atoms with Gasteiger partial charge in [-0.15, -0.1) is 0 Å². The predicted octanol–water partition coefficient (Wildman–Crippen LogP) is 3.60. The average molecular weight is 314 g/mol. The van der Waals surface area contributed by atoms with Crippen molar-refractivity contribution in [3.05, 3.63) is 59.9 Å². The van der Waals surface area contributed by atoms with Crippen molar-refractivity contribution < 1.29 is 14.0 Å². The molecule has 2 aromatic rings. The van der Waals surface area contributed by atoms with Crippen LogP contribution in [0.25, 0.3) is 0 Å². The molecule has 0 aliphatic carbocycles. The van der Waals surface area contributed by atoms with Gasteiger partial charge in [0.1, 0.15) is 5.82 Å². The van der Waals surface area contributed by atoms with Gasteiger partial charge in [-0.25, -0.2) is 4.39 Å². The molecule has 2 amide bonds. The minimum atomic E-state index is -0.394. The Kier molecular flexibility index (Phi) is 5.46. The summed E-state index contributed by atoms with van der Waals surface area (Å²) in [5, 5.41) is 5.47. The SMILES string of the molecule is CC(C)C(=O)Nc1ccc(NC(=O)Cc2ccccc2F)cc1. The smallest absolute Gasteiger partial charge is 0.228 e. The Morgan fingerprint density at radius 2 is 1.52 bits per heavy atom. The summed E-state index contributed by atoms with van der Waals surface area (Å²) in [6, 6.07) is 13.0. The van der Waals surface area contributed by atoms with Crippen LogP contribution in [0.2, 0.25) is 0 Å². The van der Waals surface area contributed by atoms with Gasteiger partial charge in [0.25, 0.3) is 0 Å². The first-order valence-electron chi connectivity index (χ1n) is 7.40. The summed E-state index contributed by atoms with van der Waals surface area (Å²) in [6.45, 7) is 3.62. The first-order valence-corrected chi connectivity index (χ1v) is 7.40. The van der Waals surface area contributed by atoms with E-state index in [-0.39, 0.29) is 24.2 Å². The molecule has 0 saturated heterocycles. The lowest BCUT2D eigenvalue weighted by Gasteiger charge is -2.09. The summed E-state index contributed by atoms with van der Waals surface area (Å²) < 4.78 is 13.5. The second-order valence-corrected chi connectivity index (χ2v) is 5.54. The third kappa shape index (κ3) is 4.92. The van der Waals surface area contributed by atoms with Crippen LogP contribution in [-0.4, -0.2) is 11.8 Å². The highest BCUT2D eigenvalue weighted by Gasteiger charge is 2.09. The Bertz CT molecular complexity index is 696. The molecule has 2 N–H and O–H groups in total. The second kappa shape index (κ2) is 7.54. The van der Waals surface area contributed by atoms with Crippen LogP contribution in [-0.2, 0) is 16.0 Å². The summed E-state index contributed by atoms with van der Waals surface area (Å²) in [5.41, 5.74) is 1.61. The van der Waals surface area contributed by atoms with E-state index in [4.69, 9.17) is 0 Å². The van der Waals surface area contributed by atoms with Crippen LogP contribution in [0.1, 0.15) is 19.4 Å². The zero-order chi connectivity index (χ0) is 16.8. The molecule has 4 nitrogen and oxygen atoms in total. The van der Waals surface area contributed by atoms with Crippen LogP contribution in [0.3, 0.4) is 0 Å². The highest BCUT2D eigenvalue weighted by Crippen LogP contribution is 2.15. The summed E-state index contributed by atoms with van der Waals surface area (Å²) >= 11 is 0. The highest BCUT2D eigenvalue weighted by molar-refractivity contribution is 5.94. The van der Waals surface area contributed by atoms with Gasteiger partial charge in [-0.05, 0) is 35.9 Å². The topological polar surface area (TPSA) is 58.2 Å². The van der Waals surface area contributed by atoms with Crippen molar-refractivity contribution >= 4 is 23.2 Å². The molecule has 23 heavy (non-hydrogen) atoms. The molecule has 0 heterocycles. The Balaban J connectivity index is 1.94. The summed E-state index contributed by atoms with van der Waals surface area (Å²) in [4.78, 5) is 23.5. The number of hydrogen-bond acceptors (Lipinski definition) is 2. The van der Waals surface area contributed by atoms with Crippen molar-refractivity contribution in [1.29, 1.82) is 0 Å². The third-order valence-corrected chi connectivity index (χ3v) is 3.27. The third-order valence-electron chi connectivity index (χ3n) is 3.27. The van der Waals surface area contributed by atoms with E-state index >= 15 is 0 Å². The molecule has 0 radical (unpaired) electrons. The van der Waals surface area contributed by atoms with Gasteiger partial charge in [0.05, 0.1) is 6.42 Å². The second-order valence-electron chi connectivity index (χ2n) is 5.54. The molecule has 0 bridgehead atoms. The maximum absolute atomic E-state index is 13.5. The number of halogens is 1. The van der Waals surface area contributed by atoms with E-state index in [1.165, 1.54) is 6.07 Å². The summed E-state index contributed by atoms with van der Waals surface area (Å²) in [5.74, 6) is -0.861. The lowest BCUT2D eigenvalue weighted by atomic mass is 10.1. The van der Waals surface area contributed by atoms with Crippen LogP contribution in [0.5, 0.6) is 0 Å². The van der Waals surface area contributed by atoms with Crippen molar-refractivity contribution in [2.24, 2.45) is 5.92 Å². The molecule has 0 fully saturated rings. The zero-order valence-electron chi connectivity index (χ0n) is 13.1. The number of rotatable bonds is 5. The van der Waals surface area contributed by atoms with Crippen molar-refractivity contribution in [2.45, 2.75) is 20.3 Å². The lowest BCUT2D eigenvalue weighted by molar-refractivity contribution is -0.119. The van der Waals surface area contributed by atoms with Gasteiger partial charge in [-0.1, -0.05) is 32.0 Å².